The molecule has 3 rings (SSSR count). The Morgan fingerprint density at radius 1 is 1.30 bits per heavy atom. The third kappa shape index (κ3) is 2.14. The molecule has 2 aliphatic heterocycles. The van der Waals surface area contributed by atoms with Crippen molar-refractivity contribution in [3.05, 3.63) is 33.3 Å². The van der Waals surface area contributed by atoms with Crippen molar-refractivity contribution in [2.24, 2.45) is 0 Å². The minimum Gasteiger partial charge on any atom is -0.354 e. The first-order valence-corrected chi connectivity index (χ1v) is 7.75. The van der Waals surface area contributed by atoms with Crippen molar-refractivity contribution in [1.29, 1.82) is 0 Å². The molecule has 5 heteroatoms. The molecule has 0 aromatic heterocycles. The number of halogens is 1. The van der Waals surface area contributed by atoms with Gasteiger partial charge in [0, 0.05) is 23.1 Å². The van der Waals surface area contributed by atoms with Crippen molar-refractivity contribution >= 4 is 27.7 Å². The molecule has 1 aromatic carbocycles. The van der Waals surface area contributed by atoms with Gasteiger partial charge >= 0.3 is 0 Å². The molecule has 0 spiro atoms. The van der Waals surface area contributed by atoms with Gasteiger partial charge in [0.15, 0.2) is 0 Å². The average Bonchev–Trinajstić information content (AvgIpc) is 2.61. The second-order valence-corrected chi connectivity index (χ2v) is 6.29. The quantitative estimate of drug-likeness (QED) is 0.855. The monoisotopic (exact) mass is 336 g/mol. The fraction of sp³-hybridized carbons (Fsp3) is 0.467. The Balaban J connectivity index is 1.93. The second kappa shape index (κ2) is 5.20. The number of amides is 2. The lowest BCUT2D eigenvalue weighted by molar-refractivity contribution is -0.125. The number of nitrogens with zero attached hydrogens (tertiary/aromatic N) is 1. The predicted molar refractivity (Wildman–Crippen MR) is 79.4 cm³/mol. The van der Waals surface area contributed by atoms with Crippen molar-refractivity contribution < 1.29 is 9.59 Å². The van der Waals surface area contributed by atoms with Crippen LogP contribution in [0.2, 0.25) is 0 Å². The summed E-state index contributed by atoms with van der Waals surface area (Å²) in [6.45, 7) is 3.26. The average molecular weight is 337 g/mol. The summed E-state index contributed by atoms with van der Waals surface area (Å²) in [6.07, 6.45) is 2.72. The summed E-state index contributed by atoms with van der Waals surface area (Å²) in [5, 5.41) is 2.90. The Kier molecular flexibility index (Phi) is 3.54. The van der Waals surface area contributed by atoms with Crippen LogP contribution in [0.3, 0.4) is 0 Å². The SMILES string of the molecule is Cc1c(Br)ccc2c1CN([C@H]1CCCCNC1=O)C2=O. The molecule has 1 saturated heterocycles. The van der Waals surface area contributed by atoms with Gasteiger partial charge in [-0.3, -0.25) is 9.59 Å². The molecule has 0 aliphatic carbocycles. The smallest absolute Gasteiger partial charge is 0.255 e. The van der Waals surface area contributed by atoms with Gasteiger partial charge in [0.2, 0.25) is 5.91 Å². The number of rotatable bonds is 1. The van der Waals surface area contributed by atoms with Crippen molar-refractivity contribution in [2.75, 3.05) is 6.54 Å². The highest BCUT2D eigenvalue weighted by Crippen LogP contribution is 2.32. The summed E-state index contributed by atoms with van der Waals surface area (Å²) in [6, 6.07) is 3.43. The van der Waals surface area contributed by atoms with Crippen LogP contribution in [0, 0.1) is 6.92 Å². The number of hydrogen-bond donors (Lipinski definition) is 1. The first-order chi connectivity index (χ1) is 9.59. The highest BCUT2D eigenvalue weighted by molar-refractivity contribution is 9.10. The van der Waals surface area contributed by atoms with Crippen LogP contribution in [0.4, 0.5) is 0 Å². The molecular formula is C15H17BrN2O2. The Bertz CT molecular complexity index is 585. The van der Waals surface area contributed by atoms with Crippen LogP contribution < -0.4 is 5.32 Å². The normalized spacial score (nSPS) is 22.5. The molecule has 0 saturated carbocycles. The van der Waals surface area contributed by atoms with Gasteiger partial charge in [0.1, 0.15) is 6.04 Å². The highest BCUT2D eigenvalue weighted by Gasteiger charge is 2.37. The first-order valence-electron chi connectivity index (χ1n) is 6.96. The van der Waals surface area contributed by atoms with Gasteiger partial charge in [-0.25, -0.2) is 0 Å². The molecule has 0 unspecified atom stereocenters. The van der Waals surface area contributed by atoms with Crippen LogP contribution in [0.15, 0.2) is 16.6 Å². The van der Waals surface area contributed by atoms with Gasteiger partial charge in [0.05, 0.1) is 0 Å². The van der Waals surface area contributed by atoms with Crippen LogP contribution in [0.1, 0.15) is 40.7 Å². The van der Waals surface area contributed by atoms with E-state index < -0.39 is 0 Å². The van der Waals surface area contributed by atoms with Crippen LogP contribution in [-0.4, -0.2) is 29.3 Å². The molecule has 1 N–H and O–H groups in total. The Morgan fingerprint density at radius 3 is 2.90 bits per heavy atom. The van der Waals surface area contributed by atoms with Gasteiger partial charge in [0.25, 0.3) is 5.91 Å². The first kappa shape index (κ1) is 13.6. The molecule has 4 nitrogen and oxygen atoms in total. The van der Waals surface area contributed by atoms with Crippen molar-refractivity contribution in [3.8, 4) is 0 Å². The summed E-state index contributed by atoms with van der Waals surface area (Å²) in [4.78, 5) is 26.4. The lowest BCUT2D eigenvalue weighted by Gasteiger charge is -2.25. The topological polar surface area (TPSA) is 49.4 Å². The van der Waals surface area contributed by atoms with E-state index in [0.29, 0.717) is 6.54 Å². The minimum atomic E-state index is -0.324. The van der Waals surface area contributed by atoms with E-state index in [1.165, 1.54) is 0 Å². The summed E-state index contributed by atoms with van der Waals surface area (Å²) in [7, 11) is 0. The summed E-state index contributed by atoms with van der Waals surface area (Å²) in [5.74, 6) is -0.0296. The standard InChI is InChI=1S/C15H17BrN2O2/c1-9-11-8-18(13-4-2-3-7-17-14(13)19)15(20)10(11)5-6-12(9)16/h5-6,13H,2-4,7-8H2,1H3,(H,17,19)/t13-/m0/s1. The molecule has 2 aliphatic rings. The molecule has 2 heterocycles. The Hall–Kier alpha value is -1.36. The predicted octanol–water partition coefficient (Wildman–Crippen LogP) is 2.38. The molecule has 2 amide bonds. The molecule has 0 radical (unpaired) electrons. The fourth-order valence-corrected chi connectivity index (χ4v) is 3.37. The van der Waals surface area contributed by atoms with Gasteiger partial charge in [-0.05, 0) is 49.4 Å². The van der Waals surface area contributed by atoms with E-state index in [1.807, 2.05) is 19.1 Å². The number of fused-ring (bicyclic) bond motifs is 1. The maximum Gasteiger partial charge on any atom is 0.255 e. The van der Waals surface area contributed by atoms with E-state index in [9.17, 15) is 9.59 Å². The Morgan fingerprint density at radius 2 is 2.10 bits per heavy atom. The van der Waals surface area contributed by atoms with Crippen LogP contribution in [-0.2, 0) is 11.3 Å². The fourth-order valence-electron chi connectivity index (χ4n) is 3.00. The summed E-state index contributed by atoms with van der Waals surface area (Å²) in [5.41, 5.74) is 2.87. The van der Waals surface area contributed by atoms with E-state index in [4.69, 9.17) is 0 Å². The van der Waals surface area contributed by atoms with E-state index >= 15 is 0 Å². The van der Waals surface area contributed by atoms with Crippen molar-refractivity contribution in [3.63, 3.8) is 0 Å². The molecule has 20 heavy (non-hydrogen) atoms. The molecular weight excluding hydrogens is 320 g/mol. The van der Waals surface area contributed by atoms with Crippen LogP contribution >= 0.6 is 15.9 Å². The van der Waals surface area contributed by atoms with E-state index in [0.717, 1.165) is 47.0 Å². The second-order valence-electron chi connectivity index (χ2n) is 5.43. The zero-order valence-corrected chi connectivity index (χ0v) is 13.0. The molecule has 1 atom stereocenters. The highest BCUT2D eigenvalue weighted by atomic mass is 79.9. The van der Waals surface area contributed by atoms with Crippen molar-refractivity contribution in [1.82, 2.24) is 10.2 Å². The number of carbonyl (C=O) groups is 2. The maximum atomic E-state index is 12.5. The van der Waals surface area contributed by atoms with Crippen LogP contribution in [0.25, 0.3) is 0 Å². The number of hydrogen-bond acceptors (Lipinski definition) is 2. The van der Waals surface area contributed by atoms with E-state index in [1.54, 1.807) is 4.90 Å². The lowest BCUT2D eigenvalue weighted by atomic mass is 10.0. The zero-order chi connectivity index (χ0) is 14.3. The third-order valence-electron chi connectivity index (χ3n) is 4.23. The third-order valence-corrected chi connectivity index (χ3v) is 5.09. The molecule has 0 bridgehead atoms. The number of carbonyl (C=O) groups excluding carboxylic acids is 2. The van der Waals surface area contributed by atoms with Gasteiger partial charge < -0.3 is 10.2 Å². The van der Waals surface area contributed by atoms with Crippen molar-refractivity contribution in [2.45, 2.75) is 38.8 Å². The zero-order valence-electron chi connectivity index (χ0n) is 11.4. The summed E-state index contributed by atoms with van der Waals surface area (Å²) < 4.78 is 1.01. The van der Waals surface area contributed by atoms with Crippen LogP contribution in [0.5, 0.6) is 0 Å². The summed E-state index contributed by atoms with van der Waals surface area (Å²) >= 11 is 3.50. The molecule has 106 valence electrons. The maximum absolute atomic E-state index is 12.5. The molecule has 1 aromatic rings. The number of nitrogens with one attached hydrogen (secondary N) is 1. The lowest BCUT2D eigenvalue weighted by Crippen LogP contribution is -2.45. The van der Waals surface area contributed by atoms with Gasteiger partial charge in [-0.1, -0.05) is 15.9 Å². The largest absolute Gasteiger partial charge is 0.354 e. The molecule has 1 fully saturated rings. The van der Waals surface area contributed by atoms with E-state index in [2.05, 4.69) is 21.2 Å². The van der Waals surface area contributed by atoms with Gasteiger partial charge in [-0.15, -0.1) is 0 Å². The number of benzene rings is 1. The Labute approximate surface area is 126 Å². The minimum absolute atomic E-state index is 0.0135. The van der Waals surface area contributed by atoms with Gasteiger partial charge in [-0.2, -0.15) is 0 Å². The van der Waals surface area contributed by atoms with E-state index in [-0.39, 0.29) is 17.9 Å².